The van der Waals surface area contributed by atoms with Gasteiger partial charge in [0.1, 0.15) is 0 Å². The largest absolute Gasteiger partial charge is 0.452 e. The van der Waals surface area contributed by atoms with Crippen LogP contribution in [0.2, 0.25) is 0 Å². The fraction of sp³-hybridized carbons (Fsp3) is 0.143. The maximum atomic E-state index is 12.8. The highest BCUT2D eigenvalue weighted by Crippen LogP contribution is 2.33. The molecule has 1 saturated heterocycles. The van der Waals surface area contributed by atoms with Crippen molar-refractivity contribution < 1.29 is 23.9 Å². The van der Waals surface area contributed by atoms with Crippen LogP contribution in [0.4, 0.5) is 10.5 Å². The Morgan fingerprint density at radius 2 is 1.50 bits per heavy atom. The number of carbonyl (C=O) groups excluding carboxylic acids is 4. The first-order valence-electron chi connectivity index (χ1n) is 11.2. The van der Waals surface area contributed by atoms with Gasteiger partial charge in [-0.15, -0.1) is 0 Å². The fourth-order valence-electron chi connectivity index (χ4n) is 3.43. The quantitative estimate of drug-likeness (QED) is 0.348. The Bertz CT molecular complexity index is 1330. The summed E-state index contributed by atoms with van der Waals surface area (Å²) >= 11 is 0.885. The fourth-order valence-corrected chi connectivity index (χ4v) is 4.27. The Kier molecular flexibility index (Phi) is 7.65. The van der Waals surface area contributed by atoms with Crippen molar-refractivity contribution in [3.63, 3.8) is 0 Å². The van der Waals surface area contributed by atoms with E-state index in [0.29, 0.717) is 16.2 Å². The van der Waals surface area contributed by atoms with E-state index in [9.17, 15) is 19.2 Å². The summed E-state index contributed by atoms with van der Waals surface area (Å²) in [6.07, 6.45) is 1.62. The van der Waals surface area contributed by atoms with Crippen molar-refractivity contribution in [2.45, 2.75) is 20.4 Å². The molecule has 0 unspecified atom stereocenters. The Labute approximate surface area is 213 Å². The molecule has 0 aromatic heterocycles. The number of hydrogen-bond acceptors (Lipinski definition) is 6. The number of hydrogen-bond donors (Lipinski definition) is 1. The lowest BCUT2D eigenvalue weighted by atomic mass is 10.1. The predicted molar refractivity (Wildman–Crippen MR) is 139 cm³/mol. The lowest BCUT2D eigenvalue weighted by Gasteiger charge is -2.12. The van der Waals surface area contributed by atoms with Gasteiger partial charge in [0.2, 0.25) is 0 Å². The highest BCUT2D eigenvalue weighted by molar-refractivity contribution is 8.18. The summed E-state index contributed by atoms with van der Waals surface area (Å²) in [6.45, 7) is 3.72. The third-order valence-corrected chi connectivity index (χ3v) is 6.36. The molecule has 0 radical (unpaired) electrons. The minimum absolute atomic E-state index is 0.213. The lowest BCUT2D eigenvalue weighted by molar-refractivity contribution is -0.123. The maximum Gasteiger partial charge on any atom is 0.338 e. The van der Waals surface area contributed by atoms with Crippen LogP contribution in [0.5, 0.6) is 0 Å². The minimum atomic E-state index is -0.640. The molecule has 36 heavy (non-hydrogen) atoms. The number of nitrogens with zero attached hydrogens (tertiary/aromatic N) is 1. The third kappa shape index (κ3) is 6.28. The van der Waals surface area contributed by atoms with Crippen LogP contribution in [0.1, 0.15) is 32.6 Å². The van der Waals surface area contributed by atoms with Crippen molar-refractivity contribution in [2.75, 3.05) is 11.9 Å². The first-order chi connectivity index (χ1) is 17.3. The number of imide groups is 1. The van der Waals surface area contributed by atoms with Crippen LogP contribution in [0.3, 0.4) is 0 Å². The maximum absolute atomic E-state index is 12.8. The lowest BCUT2D eigenvalue weighted by Crippen LogP contribution is -2.27. The number of benzene rings is 3. The van der Waals surface area contributed by atoms with Crippen LogP contribution in [-0.4, -0.2) is 34.5 Å². The summed E-state index contributed by atoms with van der Waals surface area (Å²) in [5.74, 6) is -1.43. The van der Waals surface area contributed by atoms with Gasteiger partial charge in [-0.2, -0.15) is 0 Å². The van der Waals surface area contributed by atoms with E-state index in [1.165, 1.54) is 4.90 Å². The van der Waals surface area contributed by atoms with Gasteiger partial charge in [-0.05, 0) is 67.1 Å². The molecule has 3 aromatic carbocycles. The average Bonchev–Trinajstić information content (AvgIpc) is 3.13. The number of amides is 3. The second kappa shape index (κ2) is 11.0. The predicted octanol–water partition coefficient (Wildman–Crippen LogP) is 5.34. The van der Waals surface area contributed by atoms with E-state index >= 15 is 0 Å². The van der Waals surface area contributed by atoms with Crippen molar-refractivity contribution in [2.24, 2.45) is 0 Å². The zero-order valence-corrected chi connectivity index (χ0v) is 20.6. The minimum Gasteiger partial charge on any atom is -0.452 e. The molecule has 0 aliphatic carbocycles. The molecule has 7 nitrogen and oxygen atoms in total. The Morgan fingerprint density at radius 3 is 2.14 bits per heavy atom. The molecular weight excluding hydrogens is 476 g/mol. The van der Waals surface area contributed by atoms with Gasteiger partial charge in [0, 0.05) is 5.69 Å². The second-order valence-electron chi connectivity index (χ2n) is 8.37. The number of rotatable bonds is 7. The molecule has 4 rings (SSSR count). The highest BCUT2D eigenvalue weighted by atomic mass is 32.2. The van der Waals surface area contributed by atoms with Crippen molar-refractivity contribution in [3.05, 3.63) is 106 Å². The van der Waals surface area contributed by atoms with Gasteiger partial charge in [0.05, 0.1) is 17.0 Å². The number of aryl methyl sites for hydroxylation is 2. The van der Waals surface area contributed by atoms with Gasteiger partial charge in [0.15, 0.2) is 6.61 Å². The zero-order chi connectivity index (χ0) is 25.7. The van der Waals surface area contributed by atoms with E-state index in [-0.39, 0.29) is 23.3 Å². The van der Waals surface area contributed by atoms with Crippen LogP contribution < -0.4 is 5.32 Å². The molecule has 1 N–H and O–H groups in total. The van der Waals surface area contributed by atoms with Gasteiger partial charge in [-0.3, -0.25) is 19.3 Å². The molecule has 0 bridgehead atoms. The van der Waals surface area contributed by atoms with Gasteiger partial charge in [0.25, 0.3) is 17.1 Å². The molecule has 3 aromatic rings. The zero-order valence-electron chi connectivity index (χ0n) is 19.8. The molecule has 0 saturated carbocycles. The van der Waals surface area contributed by atoms with Crippen molar-refractivity contribution >= 4 is 46.5 Å². The smallest absolute Gasteiger partial charge is 0.338 e. The van der Waals surface area contributed by atoms with Gasteiger partial charge < -0.3 is 10.1 Å². The SMILES string of the molecule is Cc1ccc(CN2C(=O)S/C(=C\c3ccc(C(=O)OCC(=O)Nc4ccc(C)cc4)cc3)C2=O)cc1. The summed E-state index contributed by atoms with van der Waals surface area (Å²) in [7, 11) is 0. The van der Waals surface area contributed by atoms with Crippen molar-refractivity contribution in [1.29, 1.82) is 0 Å². The monoisotopic (exact) mass is 500 g/mol. The Hall–Kier alpha value is -4.17. The van der Waals surface area contributed by atoms with Crippen LogP contribution in [0, 0.1) is 13.8 Å². The molecule has 1 aliphatic heterocycles. The molecule has 0 spiro atoms. The molecule has 182 valence electrons. The second-order valence-corrected chi connectivity index (χ2v) is 9.36. The van der Waals surface area contributed by atoms with Crippen LogP contribution in [0.15, 0.2) is 77.7 Å². The standard InChI is InChI=1S/C28H24N2O5S/c1-18-3-7-21(8-4-18)16-30-26(32)24(36-28(30)34)15-20-9-11-22(12-10-20)27(33)35-17-25(31)29-23-13-5-19(2)6-14-23/h3-15H,16-17H2,1-2H3,(H,29,31)/b24-15-. The van der Waals surface area contributed by atoms with E-state index in [1.807, 2.05) is 50.2 Å². The molecule has 1 aliphatic rings. The number of ether oxygens (including phenoxy) is 1. The van der Waals surface area contributed by atoms with Crippen LogP contribution in [0.25, 0.3) is 6.08 Å². The molecule has 1 fully saturated rings. The Morgan fingerprint density at radius 1 is 0.889 bits per heavy atom. The molecule has 8 heteroatoms. The van der Waals surface area contributed by atoms with Crippen molar-refractivity contribution in [3.8, 4) is 0 Å². The van der Waals surface area contributed by atoms with Gasteiger partial charge in [-0.1, -0.05) is 59.7 Å². The number of thioether (sulfide) groups is 1. The van der Waals surface area contributed by atoms with Gasteiger partial charge in [-0.25, -0.2) is 4.79 Å². The normalized spacial score (nSPS) is 14.3. The third-order valence-electron chi connectivity index (χ3n) is 5.45. The summed E-state index contributed by atoms with van der Waals surface area (Å²) in [4.78, 5) is 51.0. The van der Waals surface area contributed by atoms with Crippen molar-refractivity contribution in [1.82, 2.24) is 4.90 Å². The molecule has 3 amide bonds. The van der Waals surface area contributed by atoms with E-state index in [2.05, 4.69) is 5.32 Å². The van der Waals surface area contributed by atoms with E-state index < -0.39 is 18.5 Å². The summed E-state index contributed by atoms with van der Waals surface area (Å²) < 4.78 is 5.09. The van der Waals surface area contributed by atoms with E-state index in [1.54, 1.807) is 42.5 Å². The summed E-state index contributed by atoms with van der Waals surface area (Å²) in [5.41, 5.74) is 4.59. The number of carbonyl (C=O) groups is 4. The number of esters is 1. The first kappa shape index (κ1) is 24.9. The first-order valence-corrected chi connectivity index (χ1v) is 12.0. The van der Waals surface area contributed by atoms with E-state index in [0.717, 1.165) is 28.5 Å². The molecule has 1 heterocycles. The summed E-state index contributed by atoms with van der Waals surface area (Å²) in [5, 5.41) is 2.34. The van der Waals surface area contributed by atoms with Crippen LogP contribution in [-0.2, 0) is 20.9 Å². The van der Waals surface area contributed by atoms with Crippen LogP contribution >= 0.6 is 11.8 Å². The Balaban J connectivity index is 1.33. The molecule has 0 atom stereocenters. The van der Waals surface area contributed by atoms with E-state index in [4.69, 9.17) is 4.74 Å². The number of anilines is 1. The molecular formula is C28H24N2O5S. The van der Waals surface area contributed by atoms with Gasteiger partial charge >= 0.3 is 5.97 Å². The summed E-state index contributed by atoms with van der Waals surface area (Å²) in [6, 6.07) is 21.3. The highest BCUT2D eigenvalue weighted by Gasteiger charge is 2.34. The number of nitrogens with one attached hydrogen (secondary N) is 1. The average molecular weight is 501 g/mol. The topological polar surface area (TPSA) is 92.8 Å².